The molecule has 0 aromatic heterocycles. The molecule has 0 unspecified atom stereocenters. The number of nitrogens with zero attached hydrogens (tertiary/aromatic N) is 1. The molecular weight excluding hydrogens is 233 g/mol. The number of ether oxygens (including phenoxy) is 1. The summed E-state index contributed by atoms with van der Waals surface area (Å²) in [7, 11) is -2.38. The van der Waals surface area contributed by atoms with Gasteiger partial charge in [0.05, 0.1) is 6.04 Å². The monoisotopic (exact) mass is 245 g/mol. The van der Waals surface area contributed by atoms with Crippen molar-refractivity contribution >= 4 is 10.0 Å². The number of halogens is 1. The Labute approximate surface area is 93.7 Å². The van der Waals surface area contributed by atoms with Crippen molar-refractivity contribution in [2.45, 2.75) is 17.9 Å². The molecule has 0 saturated heterocycles. The molecule has 1 aliphatic heterocycles. The van der Waals surface area contributed by atoms with Crippen LogP contribution in [0.25, 0.3) is 0 Å². The Morgan fingerprint density at radius 3 is 2.88 bits per heavy atom. The first-order valence-corrected chi connectivity index (χ1v) is 6.28. The SMILES string of the molecule is C[C@H]1COc2cccc(F)c2S(=O)(=O)N1C. The van der Waals surface area contributed by atoms with Gasteiger partial charge in [-0.2, -0.15) is 4.31 Å². The molecule has 88 valence electrons. The van der Waals surface area contributed by atoms with Crippen molar-refractivity contribution in [1.82, 2.24) is 4.31 Å². The largest absolute Gasteiger partial charge is 0.490 e. The van der Waals surface area contributed by atoms with E-state index in [4.69, 9.17) is 4.74 Å². The van der Waals surface area contributed by atoms with E-state index in [9.17, 15) is 12.8 Å². The van der Waals surface area contributed by atoms with Crippen molar-refractivity contribution in [1.29, 1.82) is 0 Å². The van der Waals surface area contributed by atoms with E-state index in [0.29, 0.717) is 0 Å². The summed E-state index contributed by atoms with van der Waals surface area (Å²) in [6.45, 7) is 1.92. The van der Waals surface area contributed by atoms with Crippen molar-refractivity contribution in [3.05, 3.63) is 24.0 Å². The van der Waals surface area contributed by atoms with Crippen molar-refractivity contribution in [2.24, 2.45) is 0 Å². The zero-order valence-electron chi connectivity index (χ0n) is 8.97. The molecule has 0 fully saturated rings. The molecule has 1 aromatic rings. The van der Waals surface area contributed by atoms with Gasteiger partial charge in [-0.15, -0.1) is 0 Å². The van der Waals surface area contributed by atoms with Gasteiger partial charge in [-0.25, -0.2) is 12.8 Å². The first-order valence-electron chi connectivity index (χ1n) is 4.84. The molecule has 0 aliphatic carbocycles. The Kier molecular flexibility index (Phi) is 2.63. The van der Waals surface area contributed by atoms with Gasteiger partial charge in [-0.1, -0.05) is 6.07 Å². The van der Waals surface area contributed by atoms with Gasteiger partial charge in [0, 0.05) is 7.05 Å². The number of likely N-dealkylation sites (N-methyl/N-ethyl adjacent to an activating group) is 1. The number of benzene rings is 1. The second kappa shape index (κ2) is 3.71. The van der Waals surface area contributed by atoms with Gasteiger partial charge in [-0.3, -0.25) is 0 Å². The molecule has 4 nitrogen and oxygen atoms in total. The van der Waals surface area contributed by atoms with Crippen LogP contribution >= 0.6 is 0 Å². The maximum atomic E-state index is 13.6. The summed E-state index contributed by atoms with van der Waals surface area (Å²) < 4.78 is 44.1. The topological polar surface area (TPSA) is 46.6 Å². The molecular formula is C10H12FNO3S. The van der Waals surface area contributed by atoms with E-state index in [1.54, 1.807) is 6.92 Å². The molecule has 1 atom stereocenters. The molecule has 0 N–H and O–H groups in total. The molecule has 0 amide bonds. The normalized spacial score (nSPS) is 24.3. The maximum absolute atomic E-state index is 13.6. The zero-order chi connectivity index (χ0) is 11.9. The third-order valence-electron chi connectivity index (χ3n) is 2.67. The van der Waals surface area contributed by atoms with Crippen LogP contribution in [0.3, 0.4) is 0 Å². The Morgan fingerprint density at radius 2 is 2.19 bits per heavy atom. The van der Waals surface area contributed by atoms with Crippen LogP contribution in [0.1, 0.15) is 6.92 Å². The molecule has 6 heteroatoms. The van der Waals surface area contributed by atoms with Crippen molar-refractivity contribution < 1.29 is 17.5 Å². The number of sulfonamides is 1. The lowest BCUT2D eigenvalue weighted by Crippen LogP contribution is -2.36. The molecule has 0 radical (unpaired) electrons. The Balaban J connectivity index is 2.70. The molecule has 1 aliphatic rings. The standard InChI is InChI=1S/C10H12FNO3S/c1-7-6-15-9-5-3-4-8(11)10(9)16(13,14)12(7)2/h3-5,7H,6H2,1-2H3/t7-/m0/s1. The van der Waals surface area contributed by atoms with Crippen molar-refractivity contribution in [3.63, 3.8) is 0 Å². The summed E-state index contributed by atoms with van der Waals surface area (Å²) in [6, 6.07) is 3.68. The van der Waals surface area contributed by atoms with Gasteiger partial charge in [-0.05, 0) is 19.1 Å². The van der Waals surface area contributed by atoms with E-state index in [0.717, 1.165) is 10.4 Å². The van der Waals surface area contributed by atoms with Crippen LogP contribution < -0.4 is 4.74 Å². The highest BCUT2D eigenvalue weighted by atomic mass is 32.2. The lowest BCUT2D eigenvalue weighted by Gasteiger charge is -2.19. The van der Waals surface area contributed by atoms with E-state index in [1.807, 2.05) is 0 Å². The highest BCUT2D eigenvalue weighted by Crippen LogP contribution is 2.32. The Hall–Kier alpha value is -1.14. The lowest BCUT2D eigenvalue weighted by atomic mass is 10.3. The first kappa shape index (κ1) is 11.3. The van der Waals surface area contributed by atoms with Gasteiger partial charge in [0.25, 0.3) is 0 Å². The summed E-state index contributed by atoms with van der Waals surface area (Å²) in [5, 5.41) is 0. The van der Waals surface area contributed by atoms with E-state index in [1.165, 1.54) is 19.2 Å². The lowest BCUT2D eigenvalue weighted by molar-refractivity contribution is 0.240. The van der Waals surface area contributed by atoms with E-state index < -0.39 is 15.8 Å². The summed E-state index contributed by atoms with van der Waals surface area (Å²) in [5.41, 5.74) is 0. The number of hydrogen-bond donors (Lipinski definition) is 0. The molecule has 0 spiro atoms. The molecule has 1 heterocycles. The fraction of sp³-hybridized carbons (Fsp3) is 0.400. The van der Waals surface area contributed by atoms with Gasteiger partial charge >= 0.3 is 0 Å². The van der Waals surface area contributed by atoms with Gasteiger partial charge in [0.15, 0.2) is 4.90 Å². The molecule has 2 rings (SSSR count). The quantitative estimate of drug-likeness (QED) is 0.690. The molecule has 0 saturated carbocycles. The minimum Gasteiger partial charge on any atom is -0.490 e. The van der Waals surface area contributed by atoms with E-state index >= 15 is 0 Å². The average molecular weight is 245 g/mol. The summed E-state index contributed by atoms with van der Waals surface area (Å²) >= 11 is 0. The zero-order valence-corrected chi connectivity index (χ0v) is 9.79. The van der Waals surface area contributed by atoms with Crippen LogP contribution in [-0.4, -0.2) is 32.4 Å². The predicted octanol–water partition coefficient (Wildman–Crippen LogP) is 1.23. The maximum Gasteiger partial charge on any atom is 0.249 e. The van der Waals surface area contributed by atoms with Crippen LogP contribution in [0.2, 0.25) is 0 Å². The number of rotatable bonds is 0. The number of fused-ring (bicyclic) bond motifs is 1. The molecule has 0 bridgehead atoms. The smallest absolute Gasteiger partial charge is 0.249 e. The van der Waals surface area contributed by atoms with Gasteiger partial charge in [0.2, 0.25) is 10.0 Å². The van der Waals surface area contributed by atoms with Crippen LogP contribution in [0.15, 0.2) is 23.1 Å². The molecule has 16 heavy (non-hydrogen) atoms. The van der Waals surface area contributed by atoms with Gasteiger partial charge < -0.3 is 4.74 Å². The van der Waals surface area contributed by atoms with Crippen LogP contribution in [0, 0.1) is 5.82 Å². The Morgan fingerprint density at radius 1 is 1.50 bits per heavy atom. The highest BCUT2D eigenvalue weighted by Gasteiger charge is 2.34. The third kappa shape index (κ3) is 1.58. The fourth-order valence-electron chi connectivity index (χ4n) is 1.55. The summed E-state index contributed by atoms with van der Waals surface area (Å²) in [4.78, 5) is -0.373. The Bertz CT molecular complexity index is 515. The van der Waals surface area contributed by atoms with Crippen LogP contribution in [0.4, 0.5) is 4.39 Å². The summed E-state index contributed by atoms with van der Waals surface area (Å²) in [5.74, 6) is -0.699. The third-order valence-corrected chi connectivity index (χ3v) is 4.70. The molecule has 1 aromatic carbocycles. The minimum absolute atomic E-state index is 0.0798. The van der Waals surface area contributed by atoms with Crippen LogP contribution in [0.5, 0.6) is 5.75 Å². The number of hydrogen-bond acceptors (Lipinski definition) is 3. The van der Waals surface area contributed by atoms with Crippen molar-refractivity contribution in [3.8, 4) is 5.75 Å². The highest BCUT2D eigenvalue weighted by molar-refractivity contribution is 7.89. The van der Waals surface area contributed by atoms with Crippen molar-refractivity contribution in [2.75, 3.05) is 13.7 Å². The first-order chi connectivity index (χ1) is 7.44. The second-order valence-corrected chi connectivity index (χ2v) is 5.68. The van der Waals surface area contributed by atoms with Crippen LogP contribution in [-0.2, 0) is 10.0 Å². The second-order valence-electron chi connectivity index (χ2n) is 3.75. The van der Waals surface area contributed by atoms with Gasteiger partial charge in [0.1, 0.15) is 18.2 Å². The van der Waals surface area contributed by atoms with E-state index in [-0.39, 0.29) is 23.3 Å². The fourth-order valence-corrected chi connectivity index (χ4v) is 3.07. The summed E-state index contributed by atoms with van der Waals surface area (Å²) in [6.07, 6.45) is 0. The van der Waals surface area contributed by atoms with E-state index in [2.05, 4.69) is 0 Å². The minimum atomic E-state index is -3.80. The average Bonchev–Trinajstić information content (AvgIpc) is 2.31. The predicted molar refractivity (Wildman–Crippen MR) is 56.3 cm³/mol.